The zero-order chi connectivity index (χ0) is 15.2. The van der Waals surface area contributed by atoms with E-state index in [-0.39, 0.29) is 6.03 Å². The molecular weight excluding hydrogens is 312 g/mol. The van der Waals surface area contributed by atoms with E-state index >= 15 is 0 Å². The molecule has 0 aliphatic heterocycles. The van der Waals surface area contributed by atoms with Crippen molar-refractivity contribution in [3.63, 3.8) is 0 Å². The van der Waals surface area contributed by atoms with E-state index in [4.69, 9.17) is 0 Å². The summed E-state index contributed by atoms with van der Waals surface area (Å²) < 4.78 is 0. The van der Waals surface area contributed by atoms with Crippen LogP contribution in [0.25, 0.3) is 0 Å². The first-order chi connectivity index (χ1) is 10.8. The average molecular weight is 326 g/mol. The fourth-order valence-corrected chi connectivity index (χ4v) is 3.42. The van der Waals surface area contributed by atoms with Crippen LogP contribution in [0, 0.1) is 0 Å². The molecule has 0 saturated heterocycles. The first-order valence-corrected chi connectivity index (χ1v) is 8.44. The Balaban J connectivity index is 1.72. The maximum atomic E-state index is 12.1. The summed E-state index contributed by atoms with van der Waals surface area (Å²) in [6, 6.07) is 21.4. The number of urea groups is 1. The van der Waals surface area contributed by atoms with Gasteiger partial charge in [-0.1, -0.05) is 42.1 Å². The van der Waals surface area contributed by atoms with Crippen molar-refractivity contribution in [3.8, 4) is 0 Å². The highest BCUT2D eigenvalue weighted by molar-refractivity contribution is 7.99. The van der Waals surface area contributed by atoms with Crippen molar-refractivity contribution in [2.75, 3.05) is 10.6 Å². The molecule has 0 fully saturated rings. The van der Waals surface area contributed by atoms with Gasteiger partial charge >= 0.3 is 6.03 Å². The summed E-state index contributed by atoms with van der Waals surface area (Å²) in [6.07, 6.45) is 0. The first-order valence-electron chi connectivity index (χ1n) is 6.75. The number of amides is 2. The normalized spacial score (nSPS) is 10.2. The maximum Gasteiger partial charge on any atom is 0.324 e. The van der Waals surface area contributed by atoms with Gasteiger partial charge in [0, 0.05) is 9.79 Å². The quantitative estimate of drug-likeness (QED) is 0.660. The number of thiophene rings is 1. The molecule has 2 N–H and O–H groups in total. The standard InChI is InChI=1S/C17H14N2OS2/c20-17(19-16-11-6-12-21-16)18-14-9-4-5-10-15(14)22-13-7-2-1-3-8-13/h1-12H,(H2,18,19,20). The molecule has 5 heteroatoms. The van der Waals surface area contributed by atoms with Crippen LogP contribution in [0.2, 0.25) is 0 Å². The SMILES string of the molecule is O=C(Nc1cccs1)Nc1ccccc1Sc1ccccc1. The Hall–Kier alpha value is -2.24. The molecule has 1 aromatic heterocycles. The van der Waals surface area contributed by atoms with Gasteiger partial charge in [0.15, 0.2) is 0 Å². The van der Waals surface area contributed by atoms with Gasteiger partial charge in [0.2, 0.25) is 0 Å². The van der Waals surface area contributed by atoms with Gasteiger partial charge in [0.1, 0.15) is 0 Å². The average Bonchev–Trinajstić information content (AvgIpc) is 3.03. The largest absolute Gasteiger partial charge is 0.324 e. The number of carbonyl (C=O) groups is 1. The zero-order valence-corrected chi connectivity index (χ0v) is 13.3. The van der Waals surface area contributed by atoms with Gasteiger partial charge < -0.3 is 5.32 Å². The first kappa shape index (κ1) is 14.7. The van der Waals surface area contributed by atoms with Gasteiger partial charge in [-0.15, -0.1) is 11.3 Å². The van der Waals surface area contributed by atoms with Gasteiger partial charge in [-0.3, -0.25) is 5.32 Å². The van der Waals surface area contributed by atoms with Crippen molar-refractivity contribution < 1.29 is 4.79 Å². The highest BCUT2D eigenvalue weighted by Crippen LogP contribution is 2.33. The van der Waals surface area contributed by atoms with E-state index in [1.807, 2.05) is 72.1 Å². The predicted molar refractivity (Wildman–Crippen MR) is 94.0 cm³/mol. The second-order valence-corrected chi connectivity index (χ2v) is 6.53. The van der Waals surface area contributed by atoms with E-state index < -0.39 is 0 Å². The number of hydrogen-bond donors (Lipinski definition) is 2. The Morgan fingerprint density at radius 3 is 2.41 bits per heavy atom. The third-order valence-corrected chi connectivity index (χ3v) is 4.73. The number of benzene rings is 2. The molecule has 3 rings (SSSR count). The summed E-state index contributed by atoms with van der Waals surface area (Å²) in [7, 11) is 0. The topological polar surface area (TPSA) is 41.1 Å². The Morgan fingerprint density at radius 1 is 0.864 bits per heavy atom. The van der Waals surface area contributed by atoms with E-state index in [1.165, 1.54) is 11.3 Å². The van der Waals surface area contributed by atoms with E-state index in [2.05, 4.69) is 10.6 Å². The van der Waals surface area contributed by atoms with Crippen LogP contribution < -0.4 is 10.6 Å². The van der Waals surface area contributed by atoms with Crippen molar-refractivity contribution in [3.05, 3.63) is 72.1 Å². The molecule has 0 radical (unpaired) electrons. The number of para-hydroxylation sites is 1. The van der Waals surface area contributed by atoms with Crippen LogP contribution in [0.1, 0.15) is 0 Å². The van der Waals surface area contributed by atoms with Crippen molar-refractivity contribution in [2.24, 2.45) is 0 Å². The lowest BCUT2D eigenvalue weighted by atomic mass is 10.3. The van der Waals surface area contributed by atoms with Crippen LogP contribution >= 0.6 is 23.1 Å². The Kier molecular flexibility index (Phi) is 4.78. The Bertz CT molecular complexity index is 742. The summed E-state index contributed by atoms with van der Waals surface area (Å²) in [6.45, 7) is 0. The van der Waals surface area contributed by atoms with Crippen LogP contribution in [0.15, 0.2) is 81.9 Å². The van der Waals surface area contributed by atoms with E-state index in [0.717, 1.165) is 20.5 Å². The Labute approximate surface area is 137 Å². The molecule has 0 unspecified atom stereocenters. The van der Waals surface area contributed by atoms with Crippen molar-refractivity contribution in [1.82, 2.24) is 0 Å². The zero-order valence-electron chi connectivity index (χ0n) is 11.7. The lowest BCUT2D eigenvalue weighted by Gasteiger charge is -2.11. The van der Waals surface area contributed by atoms with E-state index in [9.17, 15) is 4.79 Å². The van der Waals surface area contributed by atoms with Crippen LogP contribution in [0.5, 0.6) is 0 Å². The van der Waals surface area contributed by atoms with Crippen molar-refractivity contribution in [2.45, 2.75) is 9.79 Å². The van der Waals surface area contributed by atoms with E-state index in [1.54, 1.807) is 11.8 Å². The summed E-state index contributed by atoms with van der Waals surface area (Å²) in [5.74, 6) is 0. The fraction of sp³-hybridized carbons (Fsp3) is 0. The molecule has 0 aliphatic rings. The molecule has 0 bridgehead atoms. The van der Waals surface area contributed by atoms with Crippen LogP contribution in [0.3, 0.4) is 0 Å². The summed E-state index contributed by atoms with van der Waals surface area (Å²) in [5.41, 5.74) is 0.797. The third-order valence-electron chi connectivity index (χ3n) is 2.86. The number of carbonyl (C=O) groups excluding carboxylic acids is 1. The minimum atomic E-state index is -0.233. The Morgan fingerprint density at radius 2 is 1.64 bits per heavy atom. The molecule has 0 atom stereocenters. The minimum Gasteiger partial charge on any atom is -0.307 e. The summed E-state index contributed by atoms with van der Waals surface area (Å²) >= 11 is 3.12. The summed E-state index contributed by atoms with van der Waals surface area (Å²) in [5, 5.41) is 8.48. The van der Waals surface area contributed by atoms with Crippen LogP contribution in [0.4, 0.5) is 15.5 Å². The molecule has 0 saturated carbocycles. The van der Waals surface area contributed by atoms with Crippen molar-refractivity contribution >= 4 is 39.8 Å². The molecular formula is C17H14N2OS2. The third kappa shape index (κ3) is 3.90. The molecule has 2 amide bonds. The van der Waals surface area contributed by atoms with Gasteiger partial charge in [0.05, 0.1) is 10.7 Å². The highest BCUT2D eigenvalue weighted by atomic mass is 32.2. The molecule has 2 aromatic carbocycles. The lowest BCUT2D eigenvalue weighted by Crippen LogP contribution is -2.19. The van der Waals surface area contributed by atoms with Gasteiger partial charge in [0.25, 0.3) is 0 Å². The second-order valence-electron chi connectivity index (χ2n) is 4.47. The minimum absolute atomic E-state index is 0.233. The fourth-order valence-electron chi connectivity index (χ4n) is 1.89. The molecule has 0 aliphatic carbocycles. The van der Waals surface area contributed by atoms with Gasteiger partial charge in [-0.2, -0.15) is 0 Å². The lowest BCUT2D eigenvalue weighted by molar-refractivity contribution is 0.262. The summed E-state index contributed by atoms with van der Waals surface area (Å²) in [4.78, 5) is 14.2. The molecule has 1 heterocycles. The van der Waals surface area contributed by atoms with Crippen molar-refractivity contribution in [1.29, 1.82) is 0 Å². The van der Waals surface area contributed by atoms with E-state index in [0.29, 0.717) is 0 Å². The molecule has 3 aromatic rings. The van der Waals surface area contributed by atoms with Gasteiger partial charge in [-0.25, -0.2) is 4.79 Å². The predicted octanol–water partition coefficient (Wildman–Crippen LogP) is 5.54. The van der Waals surface area contributed by atoms with Gasteiger partial charge in [-0.05, 0) is 41.8 Å². The number of nitrogens with one attached hydrogen (secondary N) is 2. The van der Waals surface area contributed by atoms with Crippen LogP contribution in [-0.2, 0) is 0 Å². The smallest absolute Gasteiger partial charge is 0.307 e. The maximum absolute atomic E-state index is 12.1. The van der Waals surface area contributed by atoms with Crippen LogP contribution in [-0.4, -0.2) is 6.03 Å². The molecule has 0 spiro atoms. The highest BCUT2D eigenvalue weighted by Gasteiger charge is 2.08. The monoisotopic (exact) mass is 326 g/mol. The molecule has 110 valence electrons. The number of hydrogen-bond acceptors (Lipinski definition) is 3. The number of rotatable bonds is 4. The second kappa shape index (κ2) is 7.15. The molecule has 22 heavy (non-hydrogen) atoms. The molecule has 3 nitrogen and oxygen atoms in total. The number of anilines is 2.